The van der Waals surface area contributed by atoms with Crippen molar-refractivity contribution in [3.05, 3.63) is 216 Å². The molecule has 6 aromatic carbocycles. The summed E-state index contributed by atoms with van der Waals surface area (Å²) in [5, 5.41) is 4.01. The second-order valence-electron chi connectivity index (χ2n) is 18.3. The number of nitrogens with zero attached hydrogens (tertiary/aromatic N) is 4. The topological polar surface area (TPSA) is 92.6 Å². The van der Waals surface area contributed by atoms with Gasteiger partial charge in [-0.1, -0.05) is 166 Å². The normalized spacial score (nSPS) is 13.3. The minimum absolute atomic E-state index is 0.0398. The number of fused-ring (bicyclic) bond motifs is 1. The van der Waals surface area contributed by atoms with Gasteiger partial charge in [0.25, 0.3) is 0 Å². The molecule has 0 aliphatic carbocycles. The zero-order valence-corrected chi connectivity index (χ0v) is 40.3. The van der Waals surface area contributed by atoms with E-state index in [9.17, 15) is 0 Å². The van der Waals surface area contributed by atoms with Crippen molar-refractivity contribution < 1.29 is 18.6 Å². The van der Waals surface area contributed by atoms with Crippen LogP contribution < -0.4 is 14.8 Å². The fourth-order valence-corrected chi connectivity index (χ4v) is 9.84. The van der Waals surface area contributed by atoms with Crippen LogP contribution in [0.1, 0.15) is 73.5 Å². The molecular formula is C56H61N5O4Si. The molecule has 8 rings (SSSR count). The van der Waals surface area contributed by atoms with E-state index in [0.29, 0.717) is 30.0 Å². The van der Waals surface area contributed by atoms with E-state index in [0.717, 1.165) is 44.9 Å². The third-order valence-electron chi connectivity index (χ3n) is 13.4. The lowest BCUT2D eigenvalue weighted by atomic mass is 9.77. The summed E-state index contributed by atoms with van der Waals surface area (Å²) in [6, 6.07) is 58.0. The molecule has 0 saturated carbocycles. The third kappa shape index (κ3) is 9.01. The molecule has 10 heteroatoms. The molecule has 2 aromatic heterocycles. The van der Waals surface area contributed by atoms with Gasteiger partial charge in [0.2, 0.25) is 0 Å². The van der Waals surface area contributed by atoms with E-state index in [-0.39, 0.29) is 11.1 Å². The summed E-state index contributed by atoms with van der Waals surface area (Å²) < 4.78 is 28.1. The highest BCUT2D eigenvalue weighted by Gasteiger charge is 2.43. The molecule has 0 saturated heterocycles. The van der Waals surface area contributed by atoms with Gasteiger partial charge in [-0.2, -0.15) is 0 Å². The van der Waals surface area contributed by atoms with Gasteiger partial charge in [0, 0.05) is 6.61 Å². The highest BCUT2D eigenvalue weighted by Crippen LogP contribution is 2.45. The first-order valence-electron chi connectivity index (χ1n) is 22.7. The summed E-state index contributed by atoms with van der Waals surface area (Å²) >= 11 is 0. The van der Waals surface area contributed by atoms with Crippen LogP contribution in [0.25, 0.3) is 11.2 Å². The smallest absolute Gasteiger partial charge is 0.191 e. The quantitative estimate of drug-likeness (QED) is 0.0673. The monoisotopic (exact) mass is 895 g/mol. The highest BCUT2D eigenvalue weighted by molar-refractivity contribution is 6.74. The van der Waals surface area contributed by atoms with Gasteiger partial charge < -0.3 is 28.5 Å². The Labute approximate surface area is 391 Å². The number of anilines is 1. The predicted molar refractivity (Wildman–Crippen MR) is 268 cm³/mol. The molecule has 0 fully saturated rings. The summed E-state index contributed by atoms with van der Waals surface area (Å²) in [6.45, 7) is 14.1. The van der Waals surface area contributed by atoms with Crippen LogP contribution in [0.15, 0.2) is 183 Å². The molecule has 66 heavy (non-hydrogen) atoms. The number of imidazole rings is 1. The average molecular weight is 896 g/mol. The Morgan fingerprint density at radius 1 is 0.576 bits per heavy atom. The maximum Gasteiger partial charge on any atom is 0.191 e. The van der Waals surface area contributed by atoms with E-state index in [1.807, 2.05) is 54.9 Å². The Morgan fingerprint density at radius 3 is 1.48 bits per heavy atom. The van der Waals surface area contributed by atoms with E-state index in [2.05, 4.69) is 172 Å². The first-order chi connectivity index (χ1) is 31.9. The zero-order chi connectivity index (χ0) is 46.4. The van der Waals surface area contributed by atoms with Gasteiger partial charge in [-0.3, -0.25) is 0 Å². The molecule has 0 radical (unpaired) electrons. The average Bonchev–Trinajstić information content (AvgIpc) is 3.79. The molecule has 338 valence electrons. The van der Waals surface area contributed by atoms with Gasteiger partial charge in [0.1, 0.15) is 34.5 Å². The summed E-state index contributed by atoms with van der Waals surface area (Å²) in [6.07, 6.45) is 3.74. The number of aromatic nitrogens is 4. The van der Waals surface area contributed by atoms with E-state index >= 15 is 0 Å². The van der Waals surface area contributed by atoms with Crippen LogP contribution in [0.2, 0.25) is 18.1 Å². The van der Waals surface area contributed by atoms with Crippen molar-refractivity contribution in [1.29, 1.82) is 0 Å². The second-order valence-corrected chi connectivity index (χ2v) is 23.1. The molecule has 9 nitrogen and oxygen atoms in total. The van der Waals surface area contributed by atoms with Crippen molar-refractivity contribution in [2.24, 2.45) is 0 Å². The van der Waals surface area contributed by atoms with E-state index < -0.39 is 25.6 Å². The van der Waals surface area contributed by atoms with Crippen LogP contribution in [0.5, 0.6) is 11.5 Å². The molecular weight excluding hydrogens is 835 g/mol. The van der Waals surface area contributed by atoms with Crippen LogP contribution in [0, 0.1) is 0 Å². The maximum atomic E-state index is 7.75. The number of nitrogens with one attached hydrogen (secondary N) is 1. The number of ether oxygens (including phenoxy) is 3. The van der Waals surface area contributed by atoms with Crippen LogP contribution in [-0.4, -0.2) is 54.8 Å². The van der Waals surface area contributed by atoms with E-state index in [4.69, 9.17) is 33.6 Å². The molecule has 2 unspecified atom stereocenters. The van der Waals surface area contributed by atoms with E-state index in [1.54, 1.807) is 20.5 Å². The molecule has 8 aromatic rings. The first-order valence-corrected chi connectivity index (χ1v) is 25.6. The summed E-state index contributed by atoms with van der Waals surface area (Å²) in [7, 11) is 1.25. The number of hydrogen-bond donors (Lipinski definition) is 1. The van der Waals surface area contributed by atoms with Crippen LogP contribution in [0.4, 0.5) is 5.82 Å². The van der Waals surface area contributed by atoms with Crippen LogP contribution in [0.3, 0.4) is 0 Å². The minimum atomic E-state index is -2.12. The summed E-state index contributed by atoms with van der Waals surface area (Å²) in [5.41, 5.74) is 5.49. The second kappa shape index (κ2) is 19.5. The fraction of sp³-hybridized carbons (Fsp3) is 0.268. The number of benzene rings is 6. The van der Waals surface area contributed by atoms with Gasteiger partial charge in [0.05, 0.1) is 32.7 Å². The predicted octanol–water partition coefficient (Wildman–Crippen LogP) is 12.6. The van der Waals surface area contributed by atoms with Crippen molar-refractivity contribution in [1.82, 2.24) is 19.5 Å². The van der Waals surface area contributed by atoms with Gasteiger partial charge >= 0.3 is 0 Å². The summed E-state index contributed by atoms with van der Waals surface area (Å²) in [4.78, 5) is 15.1. The van der Waals surface area contributed by atoms with Crippen molar-refractivity contribution in [3.8, 4) is 11.5 Å². The van der Waals surface area contributed by atoms with Gasteiger partial charge in [0.15, 0.2) is 19.8 Å². The third-order valence-corrected chi connectivity index (χ3v) is 17.9. The zero-order valence-electron chi connectivity index (χ0n) is 39.3. The Bertz CT molecular complexity index is 2700. The van der Waals surface area contributed by atoms with Gasteiger partial charge in [-0.15, -0.1) is 0 Å². The number of hydrogen-bond acceptors (Lipinski definition) is 8. The fourth-order valence-electron chi connectivity index (χ4n) is 8.78. The lowest BCUT2D eigenvalue weighted by molar-refractivity contribution is -0.0644. The minimum Gasteiger partial charge on any atom is -0.497 e. The Morgan fingerprint density at radius 2 is 1.02 bits per heavy atom. The first kappa shape index (κ1) is 46.0. The summed E-state index contributed by atoms with van der Waals surface area (Å²) in [5.74, 6) is 2.13. The highest BCUT2D eigenvalue weighted by atomic mass is 28.4. The molecule has 0 bridgehead atoms. The number of methoxy groups -OCH3 is 2. The van der Waals surface area contributed by atoms with Crippen molar-refractivity contribution in [2.75, 3.05) is 26.1 Å². The van der Waals surface area contributed by atoms with Crippen molar-refractivity contribution in [3.63, 3.8) is 0 Å². The maximum absolute atomic E-state index is 7.75. The van der Waals surface area contributed by atoms with E-state index in [1.165, 1.54) is 0 Å². The lowest BCUT2D eigenvalue weighted by Crippen LogP contribution is -2.42. The number of rotatable bonds is 18. The largest absolute Gasteiger partial charge is 0.497 e. The van der Waals surface area contributed by atoms with Gasteiger partial charge in [-0.05, 0) is 89.1 Å². The molecule has 2 atom stereocenters. The molecule has 2 heterocycles. The van der Waals surface area contributed by atoms with Crippen LogP contribution in [-0.2, 0) is 20.3 Å². The molecule has 0 aliphatic rings. The molecule has 0 spiro atoms. The van der Waals surface area contributed by atoms with Crippen molar-refractivity contribution >= 4 is 25.3 Å². The molecule has 0 amide bonds. The SMILES string of the molecule is COc1ccc(C(Nc2ncnc3c2ncn3C(CCO[Si](C)(C)C(C)(C)C)C(C)OC(c2ccccc2)(c2ccccc2)c2ccc(OC)cc2)(c2ccccc2)c2ccccc2)cc1. The Hall–Kier alpha value is -6.59. The molecule has 0 aliphatic heterocycles. The molecule has 1 N–H and O–H groups in total. The van der Waals surface area contributed by atoms with Gasteiger partial charge in [-0.25, -0.2) is 15.0 Å². The van der Waals surface area contributed by atoms with Crippen molar-refractivity contribution in [2.45, 2.75) is 75.5 Å². The lowest BCUT2D eigenvalue weighted by Gasteiger charge is -2.41. The Balaban J connectivity index is 1.28. The van der Waals surface area contributed by atoms with Crippen LogP contribution >= 0.6 is 0 Å². The Kier molecular flexibility index (Phi) is 13.6. The standard InChI is InChI=1S/C56H61N5O4Si/c1-41(65-56(45-25-17-11-18-26-45,46-27-19-12-20-28-46)47-31-35-49(63-6)36-32-47)50(37-38-64-66(7,8)54(2,3)4)61-40-59-51-52(57-39-58-53(51)61)60-55(42-21-13-9-14-22-42,43-23-15-10-16-24-43)44-29-33-48(62-5)34-30-44/h9-36,39-41,50H,37-38H2,1-8H3,(H,57,58,60).